The fraction of sp³-hybridized carbons (Fsp3) is 0.435. The molecule has 3 heterocycles. The van der Waals surface area contributed by atoms with E-state index in [4.69, 9.17) is 0 Å². The lowest BCUT2D eigenvalue weighted by molar-refractivity contribution is -0.0998. The van der Waals surface area contributed by atoms with Crippen LogP contribution in [-0.4, -0.2) is 31.9 Å². The number of hydrogen-bond donors (Lipinski definition) is 1. The van der Waals surface area contributed by atoms with Crippen LogP contribution in [0.3, 0.4) is 0 Å². The highest BCUT2D eigenvalue weighted by Gasteiger charge is 2.46. The van der Waals surface area contributed by atoms with E-state index in [2.05, 4.69) is 58.5 Å². The molecule has 4 heteroatoms. The molecule has 1 aromatic heterocycles. The average Bonchev–Trinajstić information content (AvgIpc) is 3.03. The smallest absolute Gasteiger partial charge is 0.0927 e. The zero-order chi connectivity index (χ0) is 18.4. The molecule has 0 amide bonds. The molecule has 1 N–H and O–H groups in total. The van der Waals surface area contributed by atoms with E-state index < -0.39 is 5.60 Å². The van der Waals surface area contributed by atoms with Crippen LogP contribution in [0.25, 0.3) is 10.9 Å². The molecular weight excluding hydrogens is 334 g/mol. The molecule has 2 aliphatic rings. The number of rotatable bonds is 3. The minimum atomic E-state index is -0.741. The summed E-state index contributed by atoms with van der Waals surface area (Å²) in [4.78, 5) is 2.65. The van der Waals surface area contributed by atoms with E-state index >= 15 is 0 Å². The van der Waals surface area contributed by atoms with Gasteiger partial charge in [0.1, 0.15) is 0 Å². The van der Waals surface area contributed by atoms with E-state index in [1.165, 1.54) is 24.8 Å². The molecule has 0 spiro atoms. The van der Waals surface area contributed by atoms with E-state index in [9.17, 15) is 5.11 Å². The minimum absolute atomic E-state index is 0.446. The molecule has 0 aliphatic carbocycles. The summed E-state index contributed by atoms with van der Waals surface area (Å²) in [6.45, 7) is 0.992. The number of fused-ring (bicyclic) bond motifs is 3. The topological polar surface area (TPSA) is 41.3 Å². The molecule has 2 bridgehead atoms. The van der Waals surface area contributed by atoms with Gasteiger partial charge in [0.05, 0.1) is 11.1 Å². The maximum absolute atomic E-state index is 11.6. The van der Waals surface area contributed by atoms with Crippen LogP contribution in [0.15, 0.2) is 54.7 Å². The second-order valence-electron chi connectivity index (χ2n) is 8.41. The molecule has 2 atom stereocenters. The van der Waals surface area contributed by atoms with E-state index in [0.717, 1.165) is 35.9 Å². The number of aliphatic hydroxyl groups is 1. The third-order valence-electron chi connectivity index (χ3n) is 6.53. The van der Waals surface area contributed by atoms with E-state index in [0.29, 0.717) is 12.1 Å². The van der Waals surface area contributed by atoms with Gasteiger partial charge in [-0.1, -0.05) is 48.9 Å². The van der Waals surface area contributed by atoms with Crippen LogP contribution in [0.1, 0.15) is 43.2 Å². The van der Waals surface area contributed by atoms with Gasteiger partial charge in [-0.3, -0.25) is 9.58 Å². The normalized spacial score (nSPS) is 28.5. The molecule has 2 unspecified atom stereocenters. The van der Waals surface area contributed by atoms with Gasteiger partial charge in [-0.25, -0.2) is 0 Å². The fourth-order valence-electron chi connectivity index (χ4n) is 5.24. The Balaban J connectivity index is 1.43. The van der Waals surface area contributed by atoms with Crippen molar-refractivity contribution in [3.05, 3.63) is 65.9 Å². The zero-order valence-corrected chi connectivity index (χ0v) is 15.9. The van der Waals surface area contributed by atoms with Crippen LogP contribution in [0.2, 0.25) is 0 Å². The van der Waals surface area contributed by atoms with Gasteiger partial charge in [0, 0.05) is 37.3 Å². The summed E-state index contributed by atoms with van der Waals surface area (Å²) >= 11 is 0. The molecule has 5 rings (SSSR count). The van der Waals surface area contributed by atoms with Crippen molar-refractivity contribution in [1.82, 2.24) is 14.7 Å². The Morgan fingerprint density at radius 2 is 1.81 bits per heavy atom. The maximum Gasteiger partial charge on any atom is 0.0927 e. The van der Waals surface area contributed by atoms with Gasteiger partial charge in [-0.2, -0.15) is 5.10 Å². The third kappa shape index (κ3) is 3.07. The first kappa shape index (κ1) is 17.0. The molecule has 2 saturated heterocycles. The quantitative estimate of drug-likeness (QED) is 0.767. The van der Waals surface area contributed by atoms with Gasteiger partial charge in [-0.15, -0.1) is 0 Å². The van der Waals surface area contributed by atoms with Crippen molar-refractivity contribution in [2.45, 2.75) is 56.3 Å². The number of hydrogen-bond acceptors (Lipinski definition) is 3. The lowest BCUT2D eigenvalue weighted by Gasteiger charge is -2.52. The van der Waals surface area contributed by atoms with Crippen LogP contribution >= 0.6 is 0 Å². The summed E-state index contributed by atoms with van der Waals surface area (Å²) in [5, 5.41) is 17.3. The predicted octanol–water partition coefficient (Wildman–Crippen LogP) is 3.98. The van der Waals surface area contributed by atoms with Crippen molar-refractivity contribution in [2.24, 2.45) is 7.05 Å². The van der Waals surface area contributed by atoms with Crippen LogP contribution < -0.4 is 0 Å². The first-order valence-corrected chi connectivity index (χ1v) is 10.1. The molecule has 2 fully saturated rings. The van der Waals surface area contributed by atoms with Gasteiger partial charge >= 0.3 is 0 Å². The second-order valence-corrected chi connectivity index (χ2v) is 8.41. The number of benzene rings is 2. The van der Waals surface area contributed by atoms with Crippen molar-refractivity contribution in [1.29, 1.82) is 0 Å². The Morgan fingerprint density at radius 3 is 2.56 bits per heavy atom. The van der Waals surface area contributed by atoms with Crippen molar-refractivity contribution >= 4 is 10.9 Å². The van der Waals surface area contributed by atoms with Gasteiger partial charge < -0.3 is 5.11 Å². The van der Waals surface area contributed by atoms with Gasteiger partial charge in [0.2, 0.25) is 0 Å². The Hall–Kier alpha value is -2.17. The summed E-state index contributed by atoms with van der Waals surface area (Å²) in [6.07, 6.45) is 7.29. The van der Waals surface area contributed by atoms with Gasteiger partial charge in [-0.05, 0) is 42.9 Å². The second kappa shape index (κ2) is 6.47. The highest BCUT2D eigenvalue weighted by Crippen LogP contribution is 2.45. The molecule has 4 nitrogen and oxygen atoms in total. The van der Waals surface area contributed by atoms with Crippen molar-refractivity contribution in [3.63, 3.8) is 0 Å². The molecule has 2 aliphatic heterocycles. The lowest BCUT2D eigenvalue weighted by atomic mass is 9.72. The molecule has 140 valence electrons. The summed E-state index contributed by atoms with van der Waals surface area (Å²) in [5.74, 6) is 0. The Morgan fingerprint density at radius 1 is 1.07 bits per heavy atom. The van der Waals surface area contributed by atoms with Crippen molar-refractivity contribution in [2.75, 3.05) is 0 Å². The first-order valence-electron chi connectivity index (χ1n) is 10.1. The summed E-state index contributed by atoms with van der Waals surface area (Å²) in [5.41, 5.74) is 2.63. The third-order valence-corrected chi connectivity index (χ3v) is 6.53. The number of nitrogens with zero attached hydrogens (tertiary/aromatic N) is 3. The summed E-state index contributed by atoms with van der Waals surface area (Å²) < 4.78 is 1.84. The number of piperidine rings is 2. The molecule has 0 radical (unpaired) electrons. The standard InChI is InChI=1S/C23H27N3O/c1-25-16-18-10-11-19(12-22(18)24-25)23(27)13-20-8-5-9-21(14-23)26(20)15-17-6-3-2-4-7-17/h2-4,6-7,10-12,16,20-21,27H,5,8-9,13-15H2,1H3. The lowest BCUT2D eigenvalue weighted by Crippen LogP contribution is -2.56. The molecule has 3 aromatic rings. The van der Waals surface area contributed by atoms with Crippen molar-refractivity contribution in [3.8, 4) is 0 Å². The highest BCUT2D eigenvalue weighted by atomic mass is 16.3. The van der Waals surface area contributed by atoms with Crippen LogP contribution in [0, 0.1) is 0 Å². The van der Waals surface area contributed by atoms with Crippen molar-refractivity contribution < 1.29 is 5.11 Å². The summed E-state index contributed by atoms with van der Waals surface area (Å²) in [7, 11) is 1.95. The Bertz CT molecular complexity index is 935. The van der Waals surface area contributed by atoms with Crippen LogP contribution in [-0.2, 0) is 19.2 Å². The average molecular weight is 361 g/mol. The largest absolute Gasteiger partial charge is 0.385 e. The SMILES string of the molecule is Cn1cc2ccc(C3(O)CC4CCCC(C3)N4Cc3ccccc3)cc2n1. The Kier molecular flexibility index (Phi) is 4.06. The molecular formula is C23H27N3O. The van der Waals surface area contributed by atoms with E-state index in [1.54, 1.807) is 0 Å². The molecule has 27 heavy (non-hydrogen) atoms. The monoisotopic (exact) mass is 361 g/mol. The fourth-order valence-corrected chi connectivity index (χ4v) is 5.24. The van der Waals surface area contributed by atoms with Gasteiger partial charge in [0.25, 0.3) is 0 Å². The maximum atomic E-state index is 11.6. The summed E-state index contributed by atoms with van der Waals surface area (Å²) in [6, 6.07) is 17.9. The highest BCUT2D eigenvalue weighted by molar-refractivity contribution is 5.79. The molecule has 0 saturated carbocycles. The van der Waals surface area contributed by atoms with Gasteiger partial charge in [0.15, 0.2) is 0 Å². The predicted molar refractivity (Wildman–Crippen MR) is 107 cm³/mol. The van der Waals surface area contributed by atoms with E-state index in [1.807, 2.05) is 17.9 Å². The van der Waals surface area contributed by atoms with E-state index in [-0.39, 0.29) is 0 Å². The number of aryl methyl sites for hydroxylation is 1. The zero-order valence-electron chi connectivity index (χ0n) is 15.9. The first-order chi connectivity index (χ1) is 13.1. The van der Waals surface area contributed by atoms with Crippen LogP contribution in [0.5, 0.6) is 0 Å². The number of aromatic nitrogens is 2. The molecule has 2 aromatic carbocycles. The Labute approximate surface area is 160 Å². The van der Waals surface area contributed by atoms with Crippen LogP contribution in [0.4, 0.5) is 0 Å². The minimum Gasteiger partial charge on any atom is -0.385 e.